The Bertz CT molecular complexity index is 853. The summed E-state index contributed by atoms with van der Waals surface area (Å²) in [5.41, 5.74) is 1.64. The lowest BCUT2D eigenvalue weighted by Gasteiger charge is -2.05. The van der Waals surface area contributed by atoms with Gasteiger partial charge in [-0.2, -0.15) is 0 Å². The molecule has 0 aliphatic heterocycles. The van der Waals surface area contributed by atoms with E-state index in [1.807, 2.05) is 16.0 Å². The number of fused-ring (bicyclic) bond motifs is 1. The van der Waals surface area contributed by atoms with Crippen LogP contribution in [0.15, 0.2) is 40.0 Å². The van der Waals surface area contributed by atoms with Crippen LogP contribution in [0, 0.1) is 0 Å². The molecular formula is C16H15Cl2N3OS2. The molecule has 0 radical (unpaired) electrons. The van der Waals surface area contributed by atoms with Gasteiger partial charge in [0.25, 0.3) is 0 Å². The highest BCUT2D eigenvalue weighted by atomic mass is 35.5. The largest absolute Gasteiger partial charge is 0.391 e. The van der Waals surface area contributed by atoms with Gasteiger partial charge < -0.3 is 4.84 Å². The number of thiazole rings is 1. The molecule has 24 heavy (non-hydrogen) atoms. The summed E-state index contributed by atoms with van der Waals surface area (Å²) in [6.07, 6.45) is 3.66. The van der Waals surface area contributed by atoms with Crippen molar-refractivity contribution in [1.82, 2.24) is 9.38 Å². The first-order valence-electron chi connectivity index (χ1n) is 7.26. The zero-order chi connectivity index (χ0) is 17.1. The molecule has 126 valence electrons. The number of rotatable bonds is 6. The van der Waals surface area contributed by atoms with Crippen LogP contribution in [-0.4, -0.2) is 20.8 Å². The average molecular weight is 400 g/mol. The number of benzene rings is 1. The van der Waals surface area contributed by atoms with Gasteiger partial charge in [0.2, 0.25) is 0 Å². The Labute approximate surface area is 158 Å². The maximum absolute atomic E-state index is 6.12. The highest BCUT2D eigenvalue weighted by Gasteiger charge is 2.13. The van der Waals surface area contributed by atoms with Gasteiger partial charge in [0, 0.05) is 32.4 Å². The molecule has 3 aromatic rings. The molecule has 1 aromatic carbocycles. The number of oxime groups is 1. The molecule has 0 bridgehead atoms. The fourth-order valence-corrected chi connectivity index (χ4v) is 4.21. The predicted octanol–water partition coefficient (Wildman–Crippen LogP) is 5.75. The number of imidazole rings is 1. The Morgan fingerprint density at radius 1 is 1.38 bits per heavy atom. The van der Waals surface area contributed by atoms with Crippen molar-refractivity contribution >= 4 is 57.5 Å². The Hall–Kier alpha value is -1.21. The van der Waals surface area contributed by atoms with Gasteiger partial charge in [-0.3, -0.25) is 4.40 Å². The minimum atomic E-state index is 0.216. The van der Waals surface area contributed by atoms with Gasteiger partial charge in [0.1, 0.15) is 17.3 Å². The molecule has 8 heteroatoms. The van der Waals surface area contributed by atoms with Crippen LogP contribution in [0.2, 0.25) is 10.0 Å². The van der Waals surface area contributed by atoms with E-state index >= 15 is 0 Å². The molecule has 0 amide bonds. The number of hydrogen-bond acceptors (Lipinski definition) is 5. The second-order valence-electron chi connectivity index (χ2n) is 5.23. The van der Waals surface area contributed by atoms with Crippen molar-refractivity contribution in [2.45, 2.75) is 30.7 Å². The Morgan fingerprint density at radius 2 is 2.12 bits per heavy atom. The quantitative estimate of drug-likeness (QED) is 0.300. The van der Waals surface area contributed by atoms with Gasteiger partial charge in [-0.15, -0.1) is 23.1 Å². The zero-order valence-electron chi connectivity index (χ0n) is 13.1. The van der Waals surface area contributed by atoms with Crippen LogP contribution in [0.5, 0.6) is 0 Å². The van der Waals surface area contributed by atoms with E-state index < -0.39 is 0 Å². The van der Waals surface area contributed by atoms with Crippen molar-refractivity contribution in [2.24, 2.45) is 5.16 Å². The van der Waals surface area contributed by atoms with Crippen LogP contribution in [0.3, 0.4) is 0 Å². The fourth-order valence-electron chi connectivity index (χ4n) is 2.07. The molecule has 0 atom stereocenters. The van der Waals surface area contributed by atoms with Crippen molar-refractivity contribution in [3.05, 3.63) is 51.1 Å². The normalized spacial score (nSPS) is 11.9. The molecule has 0 aliphatic carbocycles. The average Bonchev–Trinajstić information content (AvgIpc) is 3.07. The van der Waals surface area contributed by atoms with Crippen LogP contribution < -0.4 is 0 Å². The highest BCUT2D eigenvalue weighted by Crippen LogP contribution is 2.28. The van der Waals surface area contributed by atoms with Crippen molar-refractivity contribution in [3.8, 4) is 0 Å². The summed E-state index contributed by atoms with van der Waals surface area (Å²) >= 11 is 15.5. The minimum Gasteiger partial charge on any atom is -0.391 e. The summed E-state index contributed by atoms with van der Waals surface area (Å²) in [6.45, 7) is 4.48. The van der Waals surface area contributed by atoms with Crippen molar-refractivity contribution in [3.63, 3.8) is 0 Å². The first-order chi connectivity index (χ1) is 11.6. The molecule has 3 rings (SSSR count). The van der Waals surface area contributed by atoms with Crippen molar-refractivity contribution in [2.75, 3.05) is 0 Å². The van der Waals surface area contributed by atoms with Crippen LogP contribution in [0.25, 0.3) is 4.96 Å². The standard InChI is InChI=1S/C16H15Cl2N3OS2/c1-10(2)24-15-14(21-6-7-23-16(21)20-15)8-19-22-9-11-12(17)4-3-5-13(11)18/h3-8,10H,9H2,1-2H3. The van der Waals surface area contributed by atoms with E-state index in [2.05, 4.69) is 24.0 Å². The fraction of sp³-hybridized carbons (Fsp3) is 0.250. The predicted molar refractivity (Wildman–Crippen MR) is 103 cm³/mol. The van der Waals surface area contributed by atoms with Crippen LogP contribution in [0.4, 0.5) is 0 Å². The van der Waals surface area contributed by atoms with E-state index in [4.69, 9.17) is 28.0 Å². The lowest BCUT2D eigenvalue weighted by molar-refractivity contribution is 0.132. The molecule has 0 fully saturated rings. The second-order valence-corrected chi connectivity index (χ2v) is 8.49. The third kappa shape index (κ3) is 3.88. The minimum absolute atomic E-state index is 0.216. The van der Waals surface area contributed by atoms with Gasteiger partial charge in [0.05, 0.1) is 6.21 Å². The topological polar surface area (TPSA) is 38.9 Å². The van der Waals surface area contributed by atoms with Crippen LogP contribution >= 0.6 is 46.3 Å². The van der Waals surface area contributed by atoms with E-state index in [1.165, 1.54) is 0 Å². The number of halogens is 2. The second kappa shape index (κ2) is 7.78. The summed E-state index contributed by atoms with van der Waals surface area (Å²) in [5, 5.41) is 8.59. The van der Waals surface area contributed by atoms with Gasteiger partial charge in [-0.25, -0.2) is 4.98 Å². The lowest BCUT2D eigenvalue weighted by Crippen LogP contribution is -1.95. The van der Waals surface area contributed by atoms with Gasteiger partial charge in [0.15, 0.2) is 4.96 Å². The molecule has 2 heterocycles. The Morgan fingerprint density at radius 3 is 2.83 bits per heavy atom. The number of thioether (sulfide) groups is 1. The third-order valence-corrected chi connectivity index (χ3v) is 5.59. The zero-order valence-corrected chi connectivity index (χ0v) is 16.2. The maximum Gasteiger partial charge on any atom is 0.195 e. The summed E-state index contributed by atoms with van der Waals surface area (Å²) in [6, 6.07) is 5.35. The van der Waals surface area contributed by atoms with Crippen molar-refractivity contribution < 1.29 is 4.84 Å². The molecule has 0 saturated carbocycles. The van der Waals surface area contributed by atoms with E-state index in [9.17, 15) is 0 Å². The van der Waals surface area contributed by atoms with Gasteiger partial charge in [-0.05, 0) is 12.1 Å². The monoisotopic (exact) mass is 399 g/mol. The van der Waals surface area contributed by atoms with Crippen LogP contribution in [0.1, 0.15) is 25.1 Å². The summed E-state index contributed by atoms with van der Waals surface area (Å²) < 4.78 is 2.00. The summed E-state index contributed by atoms with van der Waals surface area (Å²) in [5.74, 6) is 0. The van der Waals surface area contributed by atoms with E-state index in [0.29, 0.717) is 15.3 Å². The summed E-state index contributed by atoms with van der Waals surface area (Å²) in [7, 11) is 0. The van der Waals surface area contributed by atoms with Crippen LogP contribution in [-0.2, 0) is 11.4 Å². The third-order valence-electron chi connectivity index (χ3n) is 3.13. The first-order valence-corrected chi connectivity index (χ1v) is 9.78. The van der Waals surface area contributed by atoms with Gasteiger partial charge >= 0.3 is 0 Å². The molecule has 0 N–H and O–H groups in total. The molecule has 0 saturated heterocycles. The molecule has 4 nitrogen and oxygen atoms in total. The number of hydrogen-bond donors (Lipinski definition) is 0. The lowest BCUT2D eigenvalue weighted by atomic mass is 10.2. The molecule has 0 spiro atoms. The maximum atomic E-state index is 6.12. The molecular weight excluding hydrogens is 385 g/mol. The van der Waals surface area contributed by atoms with E-state index in [-0.39, 0.29) is 6.61 Å². The highest BCUT2D eigenvalue weighted by molar-refractivity contribution is 7.99. The van der Waals surface area contributed by atoms with E-state index in [1.54, 1.807) is 47.5 Å². The van der Waals surface area contributed by atoms with Gasteiger partial charge in [-0.1, -0.05) is 48.3 Å². The number of nitrogens with zero attached hydrogens (tertiary/aromatic N) is 3. The Kier molecular flexibility index (Phi) is 5.71. The summed E-state index contributed by atoms with van der Waals surface area (Å²) in [4.78, 5) is 11.0. The smallest absolute Gasteiger partial charge is 0.195 e. The molecule has 0 aliphatic rings. The Balaban J connectivity index is 1.76. The van der Waals surface area contributed by atoms with E-state index in [0.717, 1.165) is 21.2 Å². The number of aromatic nitrogens is 2. The van der Waals surface area contributed by atoms with Crippen molar-refractivity contribution in [1.29, 1.82) is 0 Å². The molecule has 2 aromatic heterocycles. The SMILES string of the molecule is CC(C)Sc1nc2sccn2c1C=NOCc1c(Cl)cccc1Cl. The first kappa shape index (κ1) is 17.6. The molecule has 0 unspecified atom stereocenters.